The van der Waals surface area contributed by atoms with Crippen molar-refractivity contribution in [3.8, 4) is 0 Å². The molecule has 0 bridgehead atoms. The summed E-state index contributed by atoms with van der Waals surface area (Å²) in [6.45, 7) is 0. The summed E-state index contributed by atoms with van der Waals surface area (Å²) in [7, 11) is -3.48. The number of rotatable bonds is 14. The van der Waals surface area contributed by atoms with E-state index in [-0.39, 0.29) is 22.7 Å². The lowest BCUT2D eigenvalue weighted by Gasteiger charge is -2.42. The Morgan fingerprint density at radius 3 is 1.22 bits per heavy atom. The van der Waals surface area contributed by atoms with Crippen molar-refractivity contribution >= 4 is 93.8 Å². The van der Waals surface area contributed by atoms with Crippen LogP contribution in [0.1, 0.15) is 61.0 Å². The summed E-state index contributed by atoms with van der Waals surface area (Å²) in [5, 5.41) is 9.73. The molecule has 0 aliphatic carbocycles. The lowest BCUT2D eigenvalue weighted by Crippen LogP contribution is -2.30. The van der Waals surface area contributed by atoms with Gasteiger partial charge in [-0.05, 0) is 127 Å². The predicted molar refractivity (Wildman–Crippen MR) is 325 cm³/mol. The first-order valence-electron chi connectivity index (χ1n) is 23.5. The molecule has 68 heavy (non-hydrogen) atoms. The standard InChI is InChI=1S/C30H36B2P2.C30H33BP2S/c31-33(26-16-7-2-8-17-26)23-13-22-29(33)24-30(25-14-5-1-6-15-25)34(32,27-18-9-3-10-19-27)28-20-11-4-12-21-28;31-33(27-18-9-3-10-19-27,28-20-11-4-12-21-28)30(25-14-5-1-6-15-25)24-29-22-13-23-32(29,34)26-16-7-2-8-17-26/h1-12,14-21,29-30H,13,22-24H2,31-32H3;1-12,14-21,29-30H,13,22-24H2,31H3. The summed E-state index contributed by atoms with van der Waals surface area (Å²) in [5.41, 5.74) is 5.94. The minimum atomic E-state index is -1.58. The Kier molecular flexibility index (Phi) is 16.1. The smallest absolute Gasteiger partial charge is 0.122 e. The van der Waals surface area contributed by atoms with Crippen LogP contribution in [-0.4, -0.2) is 46.3 Å². The molecule has 0 N–H and O–H groups in total. The van der Waals surface area contributed by atoms with Gasteiger partial charge in [0, 0.05) is 23.5 Å². The minimum Gasteiger partial charge on any atom is -0.122 e. The Bertz CT molecular complexity index is 2750. The third-order valence-corrected chi connectivity index (χ3v) is 28.1. The van der Waals surface area contributed by atoms with Crippen molar-refractivity contribution in [3.05, 3.63) is 254 Å². The summed E-state index contributed by atoms with van der Waals surface area (Å²) in [6.07, 6.45) is 10.9. The maximum absolute atomic E-state index is 6.62. The first kappa shape index (κ1) is 48.9. The molecule has 8 aromatic carbocycles. The summed E-state index contributed by atoms with van der Waals surface area (Å²) in [4.78, 5) is 0. The van der Waals surface area contributed by atoms with E-state index in [4.69, 9.17) is 11.8 Å². The molecule has 0 amide bonds. The van der Waals surface area contributed by atoms with Crippen LogP contribution in [0.15, 0.2) is 243 Å². The Balaban J connectivity index is 0.000000170. The molecule has 0 saturated carbocycles. The third-order valence-electron chi connectivity index (χ3n) is 13.4. The SMILES string of the molecule is [BH3-][P+](c1ccccc1)(c1ccccc1)C(CC1CCCP1(=S)c1ccccc1)c1ccccc1.[BH3-][P+]1(c2ccccc2)CCCC1CC(c1ccccc1)[P+]([BH3-])(c1ccccc1)c1ccccc1. The number of hydrogen-bond acceptors (Lipinski definition) is 1. The van der Waals surface area contributed by atoms with Crippen LogP contribution in [-0.2, 0) is 11.8 Å². The van der Waals surface area contributed by atoms with E-state index >= 15 is 0 Å². The molecule has 2 heterocycles. The molecule has 2 fully saturated rings. The highest BCUT2D eigenvalue weighted by Gasteiger charge is 2.48. The Morgan fingerprint density at radius 2 is 0.809 bits per heavy atom. The van der Waals surface area contributed by atoms with Crippen LogP contribution < -0.4 is 31.8 Å². The largest absolute Gasteiger partial charge is 0.139 e. The van der Waals surface area contributed by atoms with Crippen LogP contribution >= 0.6 is 27.5 Å². The van der Waals surface area contributed by atoms with Gasteiger partial charge in [0.2, 0.25) is 0 Å². The highest BCUT2D eigenvalue weighted by molar-refractivity contribution is 8.18. The molecule has 0 spiro atoms. The van der Waals surface area contributed by atoms with E-state index in [2.05, 4.69) is 243 Å². The van der Waals surface area contributed by atoms with Gasteiger partial charge >= 0.3 is 0 Å². The Hall–Kier alpha value is -4.11. The highest BCUT2D eigenvalue weighted by atomic mass is 32.4. The Labute approximate surface area is 418 Å². The molecule has 8 aromatic rings. The van der Waals surface area contributed by atoms with Crippen molar-refractivity contribution in [2.24, 2.45) is 0 Å². The van der Waals surface area contributed by atoms with Crippen LogP contribution in [0.25, 0.3) is 0 Å². The lowest BCUT2D eigenvalue weighted by molar-refractivity contribution is 0.698. The quantitative estimate of drug-likeness (QED) is 0.0773. The minimum absolute atomic E-state index is 0.00721. The normalized spacial score (nSPS) is 21.3. The molecular weight excluding hydrogens is 909 g/mol. The first-order valence-corrected chi connectivity index (χ1v) is 31.0. The van der Waals surface area contributed by atoms with Gasteiger partial charge in [-0.2, -0.15) is 0 Å². The van der Waals surface area contributed by atoms with Crippen molar-refractivity contribution in [1.82, 2.24) is 0 Å². The van der Waals surface area contributed by atoms with E-state index in [1.54, 1.807) is 32.1 Å². The van der Waals surface area contributed by atoms with E-state index in [9.17, 15) is 0 Å². The molecule has 0 radical (unpaired) electrons. The van der Waals surface area contributed by atoms with Crippen LogP contribution in [0, 0.1) is 0 Å². The van der Waals surface area contributed by atoms with E-state index < -0.39 is 27.5 Å². The van der Waals surface area contributed by atoms with Crippen molar-refractivity contribution in [1.29, 1.82) is 0 Å². The molecule has 10 rings (SSSR count). The van der Waals surface area contributed by atoms with Gasteiger partial charge in [-0.3, -0.25) is 0 Å². The molecule has 6 atom stereocenters. The predicted octanol–water partition coefficient (Wildman–Crippen LogP) is 10.9. The highest BCUT2D eigenvalue weighted by Crippen LogP contribution is 2.72. The monoisotopic (exact) mass is 978 g/mol. The first-order chi connectivity index (χ1) is 33.2. The molecule has 2 aliphatic rings. The lowest BCUT2D eigenvalue weighted by atomic mass is 10.1. The van der Waals surface area contributed by atoms with Gasteiger partial charge in [0.15, 0.2) is 0 Å². The molecule has 2 aliphatic heterocycles. The van der Waals surface area contributed by atoms with Gasteiger partial charge in [-0.25, -0.2) is 0 Å². The maximum atomic E-state index is 6.62. The van der Waals surface area contributed by atoms with Gasteiger partial charge < -0.3 is 0 Å². The molecule has 6 unspecified atom stereocenters. The molecule has 0 aromatic heterocycles. The topological polar surface area (TPSA) is 0 Å². The molecular formula is C60H69B3P4S. The zero-order valence-corrected chi connectivity index (χ0v) is 41.7. The van der Waals surface area contributed by atoms with Gasteiger partial charge in [0.25, 0.3) is 0 Å². The van der Waals surface area contributed by atoms with Gasteiger partial charge in [-0.1, -0.05) is 208 Å². The fraction of sp³-hybridized carbons (Fsp3) is 0.200. The van der Waals surface area contributed by atoms with Crippen LogP contribution in [0.5, 0.6) is 0 Å². The van der Waals surface area contributed by atoms with Gasteiger partial charge in [-0.15, -0.1) is 7.14 Å². The van der Waals surface area contributed by atoms with Gasteiger partial charge in [0.05, 0.1) is 32.5 Å². The van der Waals surface area contributed by atoms with Gasteiger partial charge in [0.1, 0.15) is 22.7 Å². The second-order valence-electron chi connectivity index (χ2n) is 17.4. The zero-order valence-electron chi connectivity index (χ0n) is 37.3. The average Bonchev–Trinajstić information content (AvgIpc) is 4.00. The van der Waals surface area contributed by atoms with Crippen LogP contribution in [0.3, 0.4) is 0 Å². The van der Waals surface area contributed by atoms with Crippen molar-refractivity contribution in [2.45, 2.75) is 61.2 Å². The van der Waals surface area contributed by atoms with Crippen molar-refractivity contribution in [3.63, 3.8) is 0 Å². The van der Waals surface area contributed by atoms with E-state index in [1.165, 1.54) is 61.7 Å². The molecule has 0 nitrogen and oxygen atoms in total. The number of hydrogen-bond donors (Lipinski definition) is 0. The fourth-order valence-electron chi connectivity index (χ4n) is 10.3. The van der Waals surface area contributed by atoms with Crippen molar-refractivity contribution in [2.75, 3.05) is 12.3 Å². The number of benzene rings is 8. The van der Waals surface area contributed by atoms with E-state index in [0.717, 1.165) is 5.66 Å². The second-order valence-corrected chi connectivity index (χ2v) is 30.0. The maximum Gasteiger partial charge on any atom is 0.139 e. The van der Waals surface area contributed by atoms with Crippen molar-refractivity contribution < 1.29 is 0 Å². The molecule has 8 heteroatoms. The Morgan fingerprint density at radius 1 is 0.456 bits per heavy atom. The third kappa shape index (κ3) is 10.2. The summed E-state index contributed by atoms with van der Waals surface area (Å²) in [6, 6.07) is 90.9. The summed E-state index contributed by atoms with van der Waals surface area (Å²) in [5.74, 6) is 0. The summed E-state index contributed by atoms with van der Waals surface area (Å²) >= 11 is 6.62. The van der Waals surface area contributed by atoms with Crippen LogP contribution in [0.4, 0.5) is 0 Å². The van der Waals surface area contributed by atoms with E-state index in [0.29, 0.717) is 17.0 Å². The fourth-order valence-corrected chi connectivity index (χ4v) is 24.5. The molecule has 2 saturated heterocycles. The van der Waals surface area contributed by atoms with Crippen LogP contribution in [0.2, 0.25) is 0 Å². The molecule has 344 valence electrons. The zero-order chi connectivity index (χ0) is 46.9. The van der Waals surface area contributed by atoms with E-state index in [1.807, 2.05) is 0 Å². The summed E-state index contributed by atoms with van der Waals surface area (Å²) < 4.78 is 0. The second kappa shape index (κ2) is 22.3. The average molecular weight is 979 g/mol.